The first-order valence-electron chi connectivity index (χ1n) is 2.76. The molecule has 11 heavy (non-hydrogen) atoms. The Kier molecular flexibility index (Phi) is 5.06. The first kappa shape index (κ1) is 10.6. The monoisotopic (exact) mass is 196 g/mol. The van der Waals surface area contributed by atoms with Crippen LogP contribution < -0.4 is 5.73 Å². The van der Waals surface area contributed by atoms with Crippen molar-refractivity contribution in [3.63, 3.8) is 0 Å². The molecule has 0 heterocycles. The van der Waals surface area contributed by atoms with Crippen molar-refractivity contribution >= 4 is 34.5 Å². The molecule has 0 radical (unpaired) electrons. The molecule has 0 aromatic carbocycles. The van der Waals surface area contributed by atoms with Gasteiger partial charge < -0.3 is 10.5 Å². The van der Waals surface area contributed by atoms with Crippen molar-refractivity contribution in [3.8, 4) is 0 Å². The van der Waals surface area contributed by atoms with Crippen LogP contribution in [0.15, 0.2) is 0 Å². The van der Waals surface area contributed by atoms with Crippen LogP contribution in [0.4, 0.5) is 0 Å². The summed E-state index contributed by atoms with van der Waals surface area (Å²) in [6.07, 6.45) is 0. The number of carbonyl (C=O) groups excluding carboxylic acids is 1. The number of rotatable bonds is 3. The smallest absolute Gasteiger partial charge is 0.324 e. The van der Waals surface area contributed by atoms with Gasteiger partial charge in [-0.1, -0.05) is 11.8 Å². The fraction of sp³-hybridized carbons (Fsp3) is 0.600. The van der Waals surface area contributed by atoms with E-state index in [0.29, 0.717) is 0 Å². The summed E-state index contributed by atoms with van der Waals surface area (Å²) < 4.78 is 4.35. The third-order valence-corrected chi connectivity index (χ3v) is 2.17. The van der Waals surface area contributed by atoms with Crippen molar-refractivity contribution in [1.29, 1.82) is 5.41 Å². The maximum absolute atomic E-state index is 10.6. The largest absolute Gasteiger partial charge is 0.468 e. The quantitative estimate of drug-likeness (QED) is 0.296. The van der Waals surface area contributed by atoms with Gasteiger partial charge in [-0.2, -0.15) is 0 Å². The molecular formula is C5H9ClN2O2S. The van der Waals surface area contributed by atoms with Crippen LogP contribution in [0.2, 0.25) is 0 Å². The molecular weight excluding hydrogens is 188 g/mol. The Morgan fingerprint density at radius 1 is 1.91 bits per heavy atom. The van der Waals surface area contributed by atoms with Gasteiger partial charge in [0.2, 0.25) is 0 Å². The summed E-state index contributed by atoms with van der Waals surface area (Å²) in [4.78, 5) is 10.6. The highest BCUT2D eigenvalue weighted by Gasteiger charge is 2.15. The maximum Gasteiger partial charge on any atom is 0.324 e. The molecule has 0 aliphatic heterocycles. The van der Waals surface area contributed by atoms with Crippen LogP contribution in [0.5, 0.6) is 0 Å². The van der Waals surface area contributed by atoms with E-state index in [0.717, 1.165) is 11.8 Å². The average molecular weight is 197 g/mol. The van der Waals surface area contributed by atoms with Gasteiger partial charge in [0.05, 0.1) is 7.11 Å². The molecule has 0 aliphatic rings. The van der Waals surface area contributed by atoms with Crippen LogP contribution >= 0.6 is 23.4 Å². The lowest BCUT2D eigenvalue weighted by molar-refractivity contribution is -0.139. The number of nitrogens with two attached hydrogens (primary N) is 1. The van der Waals surface area contributed by atoms with Crippen LogP contribution in [-0.2, 0) is 9.53 Å². The number of alkyl halides is 1. The fourth-order valence-corrected chi connectivity index (χ4v) is 1.10. The predicted octanol–water partition coefficient (Wildman–Crippen LogP) is 0.393. The second-order valence-electron chi connectivity index (χ2n) is 1.67. The number of ether oxygens (including phenoxy) is 1. The van der Waals surface area contributed by atoms with E-state index in [4.69, 9.17) is 22.7 Å². The summed E-state index contributed by atoms with van der Waals surface area (Å²) in [6.45, 7) is 0. The van der Waals surface area contributed by atoms with Crippen LogP contribution in [0.25, 0.3) is 0 Å². The number of methoxy groups -OCH3 is 1. The van der Waals surface area contributed by atoms with Gasteiger partial charge in [-0.05, 0) is 0 Å². The normalized spacial score (nSPS) is 12.2. The van der Waals surface area contributed by atoms with E-state index in [9.17, 15) is 4.79 Å². The van der Waals surface area contributed by atoms with Gasteiger partial charge in [0, 0.05) is 5.75 Å². The van der Waals surface area contributed by atoms with E-state index in [1.54, 1.807) is 0 Å². The number of nitrogens with one attached hydrogen (secondary N) is 1. The second-order valence-corrected chi connectivity index (χ2v) is 3.25. The lowest BCUT2D eigenvalue weighted by Gasteiger charge is -2.04. The number of hydrogen-bond acceptors (Lipinski definition) is 4. The number of amidine groups is 1. The average Bonchev–Trinajstić information content (AvgIpc) is 1.98. The number of halogens is 1. The molecule has 0 amide bonds. The molecule has 3 N–H and O–H groups in total. The number of thioether (sulfide) groups is 1. The van der Waals surface area contributed by atoms with Crippen LogP contribution in [0.3, 0.4) is 0 Å². The zero-order chi connectivity index (χ0) is 8.85. The van der Waals surface area contributed by atoms with Gasteiger partial charge in [-0.15, -0.1) is 11.6 Å². The Morgan fingerprint density at radius 3 is 2.82 bits per heavy atom. The first-order chi connectivity index (χ1) is 5.07. The van der Waals surface area contributed by atoms with Crippen molar-refractivity contribution in [2.45, 2.75) is 5.38 Å². The summed E-state index contributed by atoms with van der Waals surface area (Å²) in [5, 5.41) is 6.03. The molecule has 4 nitrogen and oxygen atoms in total. The molecule has 0 saturated carbocycles. The van der Waals surface area contributed by atoms with Crippen molar-refractivity contribution in [2.24, 2.45) is 5.73 Å². The topological polar surface area (TPSA) is 76.2 Å². The highest BCUT2D eigenvalue weighted by molar-refractivity contribution is 8.13. The van der Waals surface area contributed by atoms with Gasteiger partial charge in [0.15, 0.2) is 5.17 Å². The summed E-state index contributed by atoms with van der Waals surface area (Å²) in [5.41, 5.74) is 5.02. The van der Waals surface area contributed by atoms with Crippen molar-refractivity contribution in [3.05, 3.63) is 0 Å². The minimum atomic E-state index is -0.728. The fourth-order valence-electron chi connectivity index (χ4n) is 0.359. The van der Waals surface area contributed by atoms with Crippen LogP contribution in [0, 0.1) is 5.41 Å². The molecule has 0 saturated heterocycles. The number of hydrogen-bond donors (Lipinski definition) is 2. The van der Waals surface area contributed by atoms with Gasteiger partial charge in [0.1, 0.15) is 5.38 Å². The van der Waals surface area contributed by atoms with E-state index in [2.05, 4.69) is 4.74 Å². The molecule has 1 unspecified atom stereocenters. The minimum absolute atomic E-state index is 0.0560. The van der Waals surface area contributed by atoms with Gasteiger partial charge in [0.25, 0.3) is 0 Å². The molecule has 0 aliphatic carbocycles. The third kappa shape index (κ3) is 4.92. The van der Waals surface area contributed by atoms with E-state index in [1.807, 2.05) is 0 Å². The number of esters is 1. The van der Waals surface area contributed by atoms with Gasteiger partial charge in [-0.3, -0.25) is 10.2 Å². The molecule has 0 aromatic heterocycles. The molecule has 0 bridgehead atoms. The Morgan fingerprint density at radius 2 is 2.45 bits per heavy atom. The highest BCUT2D eigenvalue weighted by Crippen LogP contribution is 2.08. The molecule has 0 spiro atoms. The Labute approximate surface area is 73.9 Å². The molecule has 6 heteroatoms. The summed E-state index contributed by atoms with van der Waals surface area (Å²) in [6, 6.07) is 0. The SMILES string of the molecule is COC(=O)C(Cl)CSC(=N)N. The predicted molar refractivity (Wildman–Crippen MR) is 46.0 cm³/mol. The summed E-state index contributed by atoms with van der Waals surface area (Å²) in [7, 11) is 1.26. The second kappa shape index (κ2) is 5.26. The number of carbonyl (C=O) groups is 1. The summed E-state index contributed by atoms with van der Waals surface area (Å²) in [5.74, 6) is -0.232. The first-order valence-corrected chi connectivity index (χ1v) is 4.19. The molecule has 0 aromatic rings. The van der Waals surface area contributed by atoms with Crippen LogP contribution in [0.1, 0.15) is 0 Å². The van der Waals surface area contributed by atoms with E-state index < -0.39 is 11.3 Å². The van der Waals surface area contributed by atoms with Gasteiger partial charge in [-0.25, -0.2) is 0 Å². The molecule has 1 atom stereocenters. The van der Waals surface area contributed by atoms with E-state index in [1.165, 1.54) is 7.11 Å². The van der Waals surface area contributed by atoms with E-state index >= 15 is 0 Å². The van der Waals surface area contributed by atoms with Crippen molar-refractivity contribution in [2.75, 3.05) is 12.9 Å². The van der Waals surface area contributed by atoms with Gasteiger partial charge >= 0.3 is 5.97 Å². The lowest BCUT2D eigenvalue weighted by atomic mass is 10.5. The van der Waals surface area contributed by atoms with E-state index in [-0.39, 0.29) is 10.9 Å². The zero-order valence-electron chi connectivity index (χ0n) is 5.96. The van der Waals surface area contributed by atoms with Crippen molar-refractivity contribution in [1.82, 2.24) is 0 Å². The van der Waals surface area contributed by atoms with Crippen LogP contribution in [-0.4, -0.2) is 29.4 Å². The molecule has 0 rings (SSSR count). The highest BCUT2D eigenvalue weighted by atomic mass is 35.5. The molecule has 64 valence electrons. The third-order valence-electron chi connectivity index (χ3n) is 0.842. The molecule has 0 fully saturated rings. The maximum atomic E-state index is 10.6. The summed E-state index contributed by atoms with van der Waals surface area (Å²) >= 11 is 6.54. The Bertz CT molecular complexity index is 165. The Balaban J connectivity index is 3.60. The minimum Gasteiger partial charge on any atom is -0.468 e. The Hall–Kier alpha value is -0.420. The standard InChI is InChI=1S/C5H9ClN2O2S/c1-10-4(9)3(6)2-11-5(7)8/h3H,2H2,1H3,(H3,7,8). The lowest BCUT2D eigenvalue weighted by Crippen LogP contribution is -2.20. The zero-order valence-corrected chi connectivity index (χ0v) is 7.54. The van der Waals surface area contributed by atoms with Crippen molar-refractivity contribution < 1.29 is 9.53 Å².